The highest BCUT2D eigenvalue weighted by Gasteiger charge is 2.29. The van der Waals surface area contributed by atoms with Crippen LogP contribution in [0.5, 0.6) is 0 Å². The minimum absolute atomic E-state index is 0.248. The maximum Gasteiger partial charge on any atom is 0.128 e. The summed E-state index contributed by atoms with van der Waals surface area (Å²) >= 11 is 0. The molecule has 1 fully saturated rings. The Morgan fingerprint density at radius 3 is 2.81 bits per heavy atom. The molecule has 86 valence electrons. The fourth-order valence-electron chi connectivity index (χ4n) is 1.74. The lowest BCUT2D eigenvalue weighted by Gasteiger charge is -2.23. The normalized spacial score (nSPS) is 14.8. The Hall–Kier alpha value is -1.58. The van der Waals surface area contributed by atoms with E-state index in [2.05, 4.69) is 16.0 Å². The third-order valence-corrected chi connectivity index (χ3v) is 2.80. The molecule has 1 aromatic heterocycles. The summed E-state index contributed by atoms with van der Waals surface area (Å²) in [5.74, 6) is 1.26. The van der Waals surface area contributed by atoms with Crippen molar-refractivity contribution in [2.24, 2.45) is 5.73 Å². The van der Waals surface area contributed by atoms with Crippen LogP contribution in [-0.4, -0.2) is 23.4 Å². The zero-order valence-electron chi connectivity index (χ0n) is 9.61. The first-order valence-corrected chi connectivity index (χ1v) is 5.69. The van der Waals surface area contributed by atoms with Crippen LogP contribution in [-0.2, 0) is 0 Å². The molecule has 0 aromatic carbocycles. The second-order valence-electron chi connectivity index (χ2n) is 4.39. The summed E-state index contributed by atoms with van der Waals surface area (Å²) in [5.41, 5.74) is 6.57. The molecule has 4 nitrogen and oxygen atoms in total. The van der Waals surface area contributed by atoms with Gasteiger partial charge in [0.15, 0.2) is 0 Å². The molecule has 1 saturated carbocycles. The van der Waals surface area contributed by atoms with E-state index in [1.165, 1.54) is 18.4 Å². The second-order valence-corrected chi connectivity index (χ2v) is 4.39. The van der Waals surface area contributed by atoms with Gasteiger partial charge in [-0.1, -0.05) is 6.07 Å². The number of anilines is 1. The molecular formula is C12H18N4. The Morgan fingerprint density at radius 1 is 1.56 bits per heavy atom. The Kier molecular flexibility index (Phi) is 3.08. The van der Waals surface area contributed by atoms with Gasteiger partial charge in [0.2, 0.25) is 0 Å². The van der Waals surface area contributed by atoms with Crippen LogP contribution in [0, 0.1) is 12.3 Å². The molecule has 0 bridgehead atoms. The molecule has 16 heavy (non-hydrogen) atoms. The van der Waals surface area contributed by atoms with Crippen molar-refractivity contribution >= 4 is 11.7 Å². The van der Waals surface area contributed by atoms with E-state index in [-0.39, 0.29) is 5.84 Å². The van der Waals surface area contributed by atoms with E-state index in [9.17, 15) is 0 Å². The highest BCUT2D eigenvalue weighted by Crippen LogP contribution is 2.30. The van der Waals surface area contributed by atoms with Gasteiger partial charge in [0.25, 0.3) is 0 Å². The van der Waals surface area contributed by atoms with E-state index in [0.717, 1.165) is 12.4 Å². The zero-order chi connectivity index (χ0) is 11.5. The number of pyridine rings is 1. The number of nitrogens with one attached hydrogen (secondary N) is 1. The average Bonchev–Trinajstić information content (AvgIpc) is 3.04. The van der Waals surface area contributed by atoms with Crippen LogP contribution in [0.1, 0.15) is 24.8 Å². The summed E-state index contributed by atoms with van der Waals surface area (Å²) in [6.07, 6.45) is 4.96. The molecule has 0 aliphatic heterocycles. The number of hydrogen-bond donors (Lipinski definition) is 2. The van der Waals surface area contributed by atoms with Crippen LogP contribution in [0.3, 0.4) is 0 Å². The maximum absolute atomic E-state index is 7.28. The Balaban J connectivity index is 2.06. The number of nitrogens with zero attached hydrogens (tertiary/aromatic N) is 2. The lowest BCUT2D eigenvalue weighted by Crippen LogP contribution is -2.30. The van der Waals surface area contributed by atoms with Gasteiger partial charge in [-0.2, -0.15) is 0 Å². The van der Waals surface area contributed by atoms with Crippen molar-refractivity contribution < 1.29 is 0 Å². The molecule has 0 unspecified atom stereocenters. The van der Waals surface area contributed by atoms with Crippen molar-refractivity contribution in [1.82, 2.24) is 4.98 Å². The maximum atomic E-state index is 7.28. The van der Waals surface area contributed by atoms with Crippen molar-refractivity contribution in [3.63, 3.8) is 0 Å². The molecule has 1 aromatic rings. The van der Waals surface area contributed by atoms with Gasteiger partial charge in [0.05, 0.1) is 5.84 Å². The van der Waals surface area contributed by atoms with Crippen molar-refractivity contribution in [1.29, 1.82) is 5.41 Å². The van der Waals surface area contributed by atoms with Gasteiger partial charge < -0.3 is 10.6 Å². The van der Waals surface area contributed by atoms with Gasteiger partial charge in [-0.15, -0.1) is 0 Å². The summed E-state index contributed by atoms with van der Waals surface area (Å²) in [7, 11) is 0. The molecular weight excluding hydrogens is 200 g/mol. The van der Waals surface area contributed by atoms with Crippen molar-refractivity contribution in [2.45, 2.75) is 32.2 Å². The van der Waals surface area contributed by atoms with Crippen LogP contribution < -0.4 is 10.6 Å². The number of amidine groups is 1. The topological polar surface area (TPSA) is 66.0 Å². The molecule has 1 aliphatic rings. The molecule has 2 rings (SSSR count). The van der Waals surface area contributed by atoms with Gasteiger partial charge in [-0.05, 0) is 31.4 Å². The number of aryl methyl sites for hydroxylation is 1. The first-order chi connectivity index (χ1) is 7.66. The van der Waals surface area contributed by atoms with Crippen LogP contribution in [0.2, 0.25) is 0 Å². The van der Waals surface area contributed by atoms with E-state index < -0.39 is 0 Å². The van der Waals surface area contributed by atoms with Crippen molar-refractivity contribution in [3.8, 4) is 0 Å². The minimum atomic E-state index is 0.248. The summed E-state index contributed by atoms with van der Waals surface area (Å²) < 4.78 is 0. The molecule has 0 saturated heterocycles. The van der Waals surface area contributed by atoms with Crippen LogP contribution in [0.4, 0.5) is 5.82 Å². The largest absolute Gasteiger partial charge is 0.388 e. The number of aromatic nitrogens is 1. The summed E-state index contributed by atoms with van der Waals surface area (Å²) in [6, 6.07) is 4.73. The Labute approximate surface area is 96.0 Å². The molecule has 0 amide bonds. The monoisotopic (exact) mass is 218 g/mol. The minimum Gasteiger partial charge on any atom is -0.388 e. The predicted molar refractivity (Wildman–Crippen MR) is 65.9 cm³/mol. The molecule has 1 heterocycles. The first kappa shape index (κ1) is 10.9. The molecule has 1 aliphatic carbocycles. The average molecular weight is 218 g/mol. The van der Waals surface area contributed by atoms with Gasteiger partial charge in [-0.25, -0.2) is 4.98 Å². The number of rotatable bonds is 5. The predicted octanol–water partition coefficient (Wildman–Crippen LogP) is 1.68. The number of hydrogen-bond acceptors (Lipinski definition) is 3. The van der Waals surface area contributed by atoms with E-state index in [0.29, 0.717) is 12.5 Å². The smallest absolute Gasteiger partial charge is 0.128 e. The second kappa shape index (κ2) is 4.51. The van der Waals surface area contributed by atoms with Gasteiger partial charge in [0.1, 0.15) is 5.82 Å². The standard InChI is InChI=1S/C12H18N4/c1-9-2-5-12(15-8-9)16(10-3-4-10)7-6-11(13)14/h2,5,8,10H,3-4,6-7H2,1H3,(H3,13,14). The van der Waals surface area contributed by atoms with E-state index in [1.807, 2.05) is 19.2 Å². The van der Waals surface area contributed by atoms with Crippen LogP contribution in [0.15, 0.2) is 18.3 Å². The summed E-state index contributed by atoms with van der Waals surface area (Å²) in [4.78, 5) is 6.70. The summed E-state index contributed by atoms with van der Waals surface area (Å²) in [5, 5.41) is 7.28. The lowest BCUT2D eigenvalue weighted by atomic mass is 10.3. The zero-order valence-corrected chi connectivity index (χ0v) is 9.61. The van der Waals surface area contributed by atoms with Crippen LogP contribution >= 0.6 is 0 Å². The quantitative estimate of drug-likeness (QED) is 0.583. The van der Waals surface area contributed by atoms with Crippen molar-refractivity contribution in [3.05, 3.63) is 23.9 Å². The molecule has 3 N–H and O–H groups in total. The Bertz CT molecular complexity index is 367. The number of nitrogens with two attached hydrogens (primary N) is 1. The summed E-state index contributed by atoms with van der Waals surface area (Å²) in [6.45, 7) is 2.84. The van der Waals surface area contributed by atoms with E-state index in [1.54, 1.807) is 0 Å². The third-order valence-electron chi connectivity index (χ3n) is 2.80. The molecule has 0 spiro atoms. The fourth-order valence-corrected chi connectivity index (χ4v) is 1.74. The lowest BCUT2D eigenvalue weighted by molar-refractivity contribution is 0.781. The van der Waals surface area contributed by atoms with E-state index in [4.69, 9.17) is 11.1 Å². The molecule has 0 radical (unpaired) electrons. The molecule has 0 atom stereocenters. The SMILES string of the molecule is Cc1ccc(N(CCC(=N)N)C2CC2)nc1. The molecule has 4 heteroatoms. The highest BCUT2D eigenvalue weighted by atomic mass is 15.2. The Morgan fingerprint density at radius 2 is 2.31 bits per heavy atom. The highest BCUT2D eigenvalue weighted by molar-refractivity contribution is 5.77. The third kappa shape index (κ3) is 2.72. The van der Waals surface area contributed by atoms with Crippen molar-refractivity contribution in [2.75, 3.05) is 11.4 Å². The first-order valence-electron chi connectivity index (χ1n) is 5.69. The van der Waals surface area contributed by atoms with Gasteiger partial charge in [0, 0.05) is 25.2 Å². The fraction of sp³-hybridized carbons (Fsp3) is 0.500. The van der Waals surface area contributed by atoms with Crippen LogP contribution in [0.25, 0.3) is 0 Å². The van der Waals surface area contributed by atoms with Gasteiger partial charge >= 0.3 is 0 Å². The van der Waals surface area contributed by atoms with Gasteiger partial charge in [-0.3, -0.25) is 5.41 Å². The van der Waals surface area contributed by atoms with E-state index >= 15 is 0 Å².